The van der Waals surface area contributed by atoms with E-state index in [2.05, 4.69) is 10.2 Å². The molecule has 0 atom stereocenters. The highest BCUT2D eigenvalue weighted by Crippen LogP contribution is 2.23. The maximum absolute atomic E-state index is 13.0. The Bertz CT molecular complexity index is 968. The zero-order valence-corrected chi connectivity index (χ0v) is 18.5. The number of benzene rings is 2. The van der Waals surface area contributed by atoms with Crippen molar-refractivity contribution in [2.75, 3.05) is 39.6 Å². The Hall–Kier alpha value is -2.42. The van der Waals surface area contributed by atoms with Gasteiger partial charge in [-0.15, -0.1) is 0 Å². The number of carbonyl (C=O) groups is 1. The lowest BCUT2D eigenvalue weighted by Gasteiger charge is -2.34. The van der Waals surface area contributed by atoms with Gasteiger partial charge in [0, 0.05) is 18.8 Å². The molecule has 8 heteroatoms. The van der Waals surface area contributed by atoms with Gasteiger partial charge >= 0.3 is 0 Å². The largest absolute Gasteiger partial charge is 0.497 e. The van der Waals surface area contributed by atoms with Crippen LogP contribution in [-0.4, -0.2) is 63.9 Å². The van der Waals surface area contributed by atoms with E-state index >= 15 is 0 Å². The van der Waals surface area contributed by atoms with Gasteiger partial charge in [-0.05, 0) is 74.9 Å². The predicted octanol–water partition coefficient (Wildman–Crippen LogP) is 2.59. The molecule has 0 spiro atoms. The molecule has 30 heavy (non-hydrogen) atoms. The SMILES string of the molecule is COc1cccc(CC(=O)Nc2ccc(S(=O)(=O)N(C)C3CCN(C)CC3)cc2)c1. The average molecular weight is 432 g/mol. The van der Waals surface area contributed by atoms with Gasteiger partial charge in [0.15, 0.2) is 0 Å². The highest BCUT2D eigenvalue weighted by atomic mass is 32.2. The Labute approximate surface area is 178 Å². The summed E-state index contributed by atoms with van der Waals surface area (Å²) in [7, 11) is 1.71. The van der Waals surface area contributed by atoms with Crippen molar-refractivity contribution >= 4 is 21.6 Å². The van der Waals surface area contributed by atoms with E-state index in [0.29, 0.717) is 11.4 Å². The van der Waals surface area contributed by atoms with Crippen LogP contribution in [-0.2, 0) is 21.2 Å². The summed E-state index contributed by atoms with van der Waals surface area (Å²) >= 11 is 0. The van der Waals surface area contributed by atoms with Gasteiger partial charge in [-0.1, -0.05) is 12.1 Å². The van der Waals surface area contributed by atoms with E-state index in [-0.39, 0.29) is 23.3 Å². The van der Waals surface area contributed by atoms with Gasteiger partial charge in [0.2, 0.25) is 15.9 Å². The number of rotatable bonds is 7. The summed E-state index contributed by atoms with van der Waals surface area (Å²) < 4.78 is 32.6. The summed E-state index contributed by atoms with van der Waals surface area (Å²) in [5.74, 6) is 0.519. The standard InChI is InChI=1S/C22H29N3O4S/c1-24-13-11-19(12-14-24)25(2)30(27,28)21-9-7-18(8-10-21)23-22(26)16-17-5-4-6-20(15-17)29-3/h4-10,15,19H,11-14,16H2,1-3H3,(H,23,26). The van der Waals surface area contributed by atoms with Crippen LogP contribution in [0.15, 0.2) is 53.4 Å². The van der Waals surface area contributed by atoms with Crippen LogP contribution in [0.25, 0.3) is 0 Å². The molecule has 0 aliphatic carbocycles. The van der Waals surface area contributed by atoms with E-state index in [1.54, 1.807) is 38.4 Å². The Kier molecular flexibility index (Phi) is 7.12. The molecule has 1 N–H and O–H groups in total. The Balaban J connectivity index is 1.62. The molecule has 3 rings (SSSR count). The van der Waals surface area contributed by atoms with Crippen molar-refractivity contribution in [3.63, 3.8) is 0 Å². The van der Waals surface area contributed by atoms with Gasteiger partial charge in [0.25, 0.3) is 0 Å². The van der Waals surface area contributed by atoms with E-state index in [9.17, 15) is 13.2 Å². The molecule has 1 heterocycles. The molecular formula is C22H29N3O4S. The fourth-order valence-corrected chi connectivity index (χ4v) is 5.02. The minimum absolute atomic E-state index is 0.00782. The van der Waals surface area contributed by atoms with E-state index in [1.807, 2.05) is 31.3 Å². The maximum Gasteiger partial charge on any atom is 0.243 e. The third kappa shape index (κ3) is 5.38. The fourth-order valence-electron chi connectivity index (χ4n) is 3.60. The quantitative estimate of drug-likeness (QED) is 0.729. The molecule has 0 saturated carbocycles. The van der Waals surface area contributed by atoms with E-state index in [4.69, 9.17) is 4.74 Å². The highest BCUT2D eigenvalue weighted by molar-refractivity contribution is 7.89. The maximum atomic E-state index is 13.0. The average Bonchev–Trinajstić information content (AvgIpc) is 2.74. The monoisotopic (exact) mass is 431 g/mol. The van der Waals surface area contributed by atoms with Crippen molar-refractivity contribution < 1.29 is 17.9 Å². The van der Waals surface area contributed by atoms with Crippen LogP contribution in [0.1, 0.15) is 18.4 Å². The van der Waals surface area contributed by atoms with Crippen molar-refractivity contribution in [2.45, 2.75) is 30.2 Å². The van der Waals surface area contributed by atoms with E-state index in [0.717, 1.165) is 31.5 Å². The van der Waals surface area contributed by atoms with Crippen LogP contribution in [0.5, 0.6) is 5.75 Å². The summed E-state index contributed by atoms with van der Waals surface area (Å²) in [6, 6.07) is 13.7. The zero-order valence-electron chi connectivity index (χ0n) is 17.7. The van der Waals surface area contributed by atoms with Crippen LogP contribution >= 0.6 is 0 Å². The number of carbonyl (C=O) groups excluding carboxylic acids is 1. The van der Waals surface area contributed by atoms with Crippen LogP contribution in [0.4, 0.5) is 5.69 Å². The molecule has 1 saturated heterocycles. The second-order valence-corrected chi connectivity index (χ2v) is 9.65. The number of hydrogen-bond donors (Lipinski definition) is 1. The van der Waals surface area contributed by atoms with E-state index in [1.165, 1.54) is 4.31 Å². The van der Waals surface area contributed by atoms with Gasteiger partial charge in [-0.2, -0.15) is 4.31 Å². The number of piperidine rings is 1. The molecule has 162 valence electrons. The van der Waals surface area contributed by atoms with Crippen molar-refractivity contribution in [3.8, 4) is 5.75 Å². The first-order chi connectivity index (χ1) is 14.3. The number of likely N-dealkylation sites (tertiary alicyclic amines) is 1. The number of ether oxygens (including phenoxy) is 1. The number of anilines is 1. The molecular weight excluding hydrogens is 402 g/mol. The summed E-state index contributed by atoms with van der Waals surface area (Å²) in [5, 5.41) is 2.81. The predicted molar refractivity (Wildman–Crippen MR) is 117 cm³/mol. The number of nitrogens with one attached hydrogen (secondary N) is 1. The molecule has 0 unspecified atom stereocenters. The Morgan fingerprint density at radius 3 is 2.47 bits per heavy atom. The molecule has 2 aromatic rings. The summed E-state index contributed by atoms with van der Waals surface area (Å²) in [6.45, 7) is 1.78. The molecule has 0 aromatic heterocycles. The van der Waals surface area contributed by atoms with Gasteiger partial charge in [0.1, 0.15) is 5.75 Å². The number of nitrogens with zero attached hydrogens (tertiary/aromatic N) is 2. The van der Waals surface area contributed by atoms with Crippen LogP contribution in [0.2, 0.25) is 0 Å². The molecule has 1 amide bonds. The highest BCUT2D eigenvalue weighted by Gasteiger charge is 2.30. The van der Waals surface area contributed by atoms with Gasteiger partial charge in [-0.25, -0.2) is 8.42 Å². The summed E-state index contributed by atoms with van der Waals surface area (Å²) in [4.78, 5) is 14.8. The lowest BCUT2D eigenvalue weighted by molar-refractivity contribution is -0.115. The van der Waals surface area contributed by atoms with Crippen molar-refractivity contribution in [1.29, 1.82) is 0 Å². The van der Waals surface area contributed by atoms with E-state index < -0.39 is 10.0 Å². The zero-order chi connectivity index (χ0) is 21.7. The smallest absolute Gasteiger partial charge is 0.243 e. The summed E-state index contributed by atoms with van der Waals surface area (Å²) in [6.07, 6.45) is 1.85. The number of methoxy groups -OCH3 is 1. The molecule has 7 nitrogen and oxygen atoms in total. The molecule has 0 bridgehead atoms. The third-order valence-corrected chi connectivity index (χ3v) is 7.44. The Morgan fingerprint density at radius 1 is 1.17 bits per heavy atom. The molecule has 1 aliphatic heterocycles. The first-order valence-corrected chi connectivity index (χ1v) is 11.4. The molecule has 0 radical (unpaired) electrons. The number of sulfonamides is 1. The molecule has 1 fully saturated rings. The lowest BCUT2D eigenvalue weighted by Crippen LogP contribution is -2.44. The van der Waals surface area contributed by atoms with Crippen LogP contribution in [0.3, 0.4) is 0 Å². The second kappa shape index (κ2) is 9.59. The topological polar surface area (TPSA) is 78.9 Å². The van der Waals surface area contributed by atoms with Crippen molar-refractivity contribution in [2.24, 2.45) is 0 Å². The lowest BCUT2D eigenvalue weighted by atomic mass is 10.1. The first kappa shape index (κ1) is 22.3. The minimum Gasteiger partial charge on any atom is -0.497 e. The minimum atomic E-state index is -3.57. The molecule has 2 aromatic carbocycles. The van der Waals surface area contributed by atoms with Gasteiger partial charge < -0.3 is 15.0 Å². The van der Waals surface area contributed by atoms with Crippen LogP contribution < -0.4 is 10.1 Å². The van der Waals surface area contributed by atoms with Gasteiger partial charge in [0.05, 0.1) is 18.4 Å². The first-order valence-electron chi connectivity index (χ1n) is 9.99. The Morgan fingerprint density at radius 2 is 1.83 bits per heavy atom. The van der Waals surface area contributed by atoms with Crippen LogP contribution in [0, 0.1) is 0 Å². The summed E-state index contributed by atoms with van der Waals surface area (Å²) in [5.41, 5.74) is 1.40. The van der Waals surface area contributed by atoms with Crippen molar-refractivity contribution in [1.82, 2.24) is 9.21 Å². The second-order valence-electron chi connectivity index (χ2n) is 7.66. The molecule has 1 aliphatic rings. The van der Waals surface area contributed by atoms with Gasteiger partial charge in [-0.3, -0.25) is 4.79 Å². The number of hydrogen-bond acceptors (Lipinski definition) is 5. The fraction of sp³-hybridized carbons (Fsp3) is 0.409. The van der Waals surface area contributed by atoms with Crippen molar-refractivity contribution in [3.05, 3.63) is 54.1 Å². The number of amides is 1. The third-order valence-electron chi connectivity index (χ3n) is 5.52. The normalized spacial score (nSPS) is 15.9.